The molecule has 0 spiro atoms. The first kappa shape index (κ1) is 16.8. The molecule has 1 heterocycles. The summed E-state index contributed by atoms with van der Waals surface area (Å²) in [5.41, 5.74) is 0.608. The van der Waals surface area contributed by atoms with Gasteiger partial charge in [-0.25, -0.2) is 4.98 Å². The molecule has 0 bridgehead atoms. The Morgan fingerprint density at radius 2 is 2.29 bits per heavy atom. The van der Waals surface area contributed by atoms with Crippen LogP contribution in [0.3, 0.4) is 0 Å². The van der Waals surface area contributed by atoms with Crippen molar-refractivity contribution in [1.29, 1.82) is 0 Å². The number of ether oxygens (including phenoxy) is 2. The Morgan fingerprint density at radius 3 is 2.86 bits per heavy atom. The molecule has 0 unspecified atom stereocenters. The Morgan fingerprint density at radius 1 is 1.52 bits per heavy atom. The molecule has 2 atom stereocenters. The largest absolute Gasteiger partial charge is 0.394 e. The lowest BCUT2D eigenvalue weighted by Crippen LogP contribution is -2.73. The van der Waals surface area contributed by atoms with Crippen LogP contribution in [-0.2, 0) is 22.6 Å². The molecule has 1 aromatic rings. The number of rotatable bonds is 8. The van der Waals surface area contributed by atoms with Crippen LogP contribution in [0.2, 0.25) is 0 Å². The van der Waals surface area contributed by atoms with Gasteiger partial charge in [-0.15, -0.1) is 11.3 Å². The van der Waals surface area contributed by atoms with E-state index in [9.17, 15) is 5.11 Å². The molecule has 0 amide bonds. The minimum absolute atomic E-state index is 0.0941. The molecule has 21 heavy (non-hydrogen) atoms. The highest BCUT2D eigenvalue weighted by Gasteiger charge is 2.60. The van der Waals surface area contributed by atoms with E-state index in [1.165, 1.54) is 0 Å². The first-order valence-electron chi connectivity index (χ1n) is 7.39. The van der Waals surface area contributed by atoms with Crippen molar-refractivity contribution in [2.24, 2.45) is 5.41 Å². The fraction of sp³-hybridized carbons (Fsp3) is 0.800. The molecule has 2 N–H and O–H groups in total. The van der Waals surface area contributed by atoms with E-state index in [1.807, 2.05) is 12.3 Å². The van der Waals surface area contributed by atoms with E-state index in [0.29, 0.717) is 19.8 Å². The third-order valence-corrected chi connectivity index (χ3v) is 5.56. The summed E-state index contributed by atoms with van der Waals surface area (Å²) in [5, 5.41) is 16.4. The average molecular weight is 314 g/mol. The van der Waals surface area contributed by atoms with E-state index in [2.05, 4.69) is 24.1 Å². The van der Waals surface area contributed by atoms with Crippen LogP contribution < -0.4 is 5.32 Å². The van der Waals surface area contributed by atoms with Crippen LogP contribution in [0.5, 0.6) is 0 Å². The Bertz CT molecular complexity index is 464. The second-order valence-corrected chi connectivity index (χ2v) is 7.07. The second-order valence-electron chi connectivity index (χ2n) is 6.13. The molecule has 0 aliphatic heterocycles. The van der Waals surface area contributed by atoms with Crippen LogP contribution in [0.4, 0.5) is 0 Å². The van der Waals surface area contributed by atoms with Crippen LogP contribution in [0.15, 0.2) is 5.38 Å². The molecular formula is C15H26N2O3S. The van der Waals surface area contributed by atoms with Crippen molar-refractivity contribution >= 4 is 11.3 Å². The van der Waals surface area contributed by atoms with Gasteiger partial charge in [-0.05, 0) is 13.3 Å². The quantitative estimate of drug-likeness (QED) is 0.768. The molecule has 1 fully saturated rings. The molecule has 1 aliphatic carbocycles. The van der Waals surface area contributed by atoms with E-state index in [4.69, 9.17) is 9.47 Å². The standard InChI is InChI=1S/C15H26N2O3S/c1-5-20-12-6-15(10-18,14(12,2)3)16-7-11-9-21-13(17-11)8-19-4/h9,12,16,18H,5-8,10H2,1-4H3/t12-,15+/m1/s1. The Hall–Kier alpha value is -0.530. The third kappa shape index (κ3) is 3.14. The lowest BCUT2D eigenvalue weighted by molar-refractivity contribution is -0.177. The van der Waals surface area contributed by atoms with Crippen LogP contribution in [0.25, 0.3) is 0 Å². The van der Waals surface area contributed by atoms with Gasteiger partial charge in [-0.2, -0.15) is 0 Å². The van der Waals surface area contributed by atoms with Gasteiger partial charge in [0.2, 0.25) is 0 Å². The number of thiazole rings is 1. The normalized spacial score (nSPS) is 27.6. The van der Waals surface area contributed by atoms with E-state index in [0.717, 1.165) is 17.1 Å². The minimum atomic E-state index is -0.294. The average Bonchev–Trinajstić information content (AvgIpc) is 2.90. The van der Waals surface area contributed by atoms with E-state index >= 15 is 0 Å². The van der Waals surface area contributed by atoms with Crippen LogP contribution in [0.1, 0.15) is 37.9 Å². The number of aliphatic hydroxyl groups is 1. The molecule has 5 nitrogen and oxygen atoms in total. The van der Waals surface area contributed by atoms with Gasteiger partial charge in [0, 0.05) is 31.1 Å². The van der Waals surface area contributed by atoms with Gasteiger partial charge in [-0.3, -0.25) is 0 Å². The topological polar surface area (TPSA) is 63.6 Å². The van der Waals surface area contributed by atoms with Gasteiger partial charge in [0.1, 0.15) is 5.01 Å². The predicted octanol–water partition coefficient (Wildman–Crippen LogP) is 1.95. The third-order valence-electron chi connectivity index (χ3n) is 4.68. The van der Waals surface area contributed by atoms with Gasteiger partial charge in [-0.1, -0.05) is 13.8 Å². The SMILES string of the molecule is CCO[C@@H]1C[C@@](CO)(NCc2csc(COC)n2)C1(C)C. The number of nitrogens with one attached hydrogen (secondary N) is 1. The molecule has 120 valence electrons. The number of hydrogen-bond donors (Lipinski definition) is 2. The summed E-state index contributed by atoms with van der Waals surface area (Å²) >= 11 is 1.60. The van der Waals surface area contributed by atoms with Crippen molar-refractivity contribution < 1.29 is 14.6 Å². The molecule has 0 saturated heterocycles. The summed E-state index contributed by atoms with van der Waals surface area (Å²) in [6.45, 7) is 8.33. The Kier molecular flexibility index (Phi) is 5.38. The second kappa shape index (κ2) is 6.71. The zero-order valence-corrected chi connectivity index (χ0v) is 14.1. The smallest absolute Gasteiger partial charge is 0.119 e. The summed E-state index contributed by atoms with van der Waals surface area (Å²) in [4.78, 5) is 4.52. The van der Waals surface area contributed by atoms with Gasteiger partial charge < -0.3 is 19.9 Å². The maximum Gasteiger partial charge on any atom is 0.119 e. The van der Waals surface area contributed by atoms with E-state index in [-0.39, 0.29) is 23.7 Å². The molecule has 0 aromatic carbocycles. The molecule has 0 radical (unpaired) electrons. The summed E-state index contributed by atoms with van der Waals surface area (Å²) in [6, 6.07) is 0. The summed E-state index contributed by atoms with van der Waals surface area (Å²) < 4.78 is 10.8. The van der Waals surface area contributed by atoms with Crippen LogP contribution >= 0.6 is 11.3 Å². The highest BCUT2D eigenvalue weighted by atomic mass is 32.1. The number of nitrogens with zero attached hydrogens (tertiary/aromatic N) is 1. The van der Waals surface area contributed by atoms with Gasteiger partial charge in [0.15, 0.2) is 0 Å². The van der Waals surface area contributed by atoms with Crippen molar-refractivity contribution in [3.05, 3.63) is 16.1 Å². The monoisotopic (exact) mass is 314 g/mol. The molecule has 2 rings (SSSR count). The van der Waals surface area contributed by atoms with E-state index in [1.54, 1.807) is 18.4 Å². The van der Waals surface area contributed by atoms with Crippen LogP contribution in [0, 0.1) is 5.41 Å². The lowest BCUT2D eigenvalue weighted by atomic mass is 9.54. The van der Waals surface area contributed by atoms with Gasteiger partial charge in [0.05, 0.1) is 30.6 Å². The number of aliphatic hydroxyl groups excluding tert-OH is 1. The summed E-state index contributed by atoms with van der Waals surface area (Å²) in [6.07, 6.45) is 1.03. The minimum Gasteiger partial charge on any atom is -0.394 e. The van der Waals surface area contributed by atoms with Gasteiger partial charge >= 0.3 is 0 Å². The molecule has 6 heteroatoms. The molecule has 1 aliphatic rings. The fourth-order valence-electron chi connectivity index (χ4n) is 2.98. The molecule has 1 saturated carbocycles. The first-order valence-corrected chi connectivity index (χ1v) is 8.26. The van der Waals surface area contributed by atoms with Gasteiger partial charge in [0.25, 0.3) is 0 Å². The van der Waals surface area contributed by atoms with Crippen molar-refractivity contribution in [3.63, 3.8) is 0 Å². The molecule has 1 aromatic heterocycles. The number of aromatic nitrogens is 1. The molecular weight excluding hydrogens is 288 g/mol. The maximum absolute atomic E-state index is 9.87. The number of methoxy groups -OCH3 is 1. The van der Waals surface area contributed by atoms with E-state index < -0.39 is 0 Å². The predicted molar refractivity (Wildman–Crippen MR) is 83.3 cm³/mol. The fourth-order valence-corrected chi connectivity index (χ4v) is 3.75. The highest BCUT2D eigenvalue weighted by molar-refractivity contribution is 7.09. The Labute approximate surface area is 130 Å². The van der Waals surface area contributed by atoms with Crippen molar-refractivity contribution in [2.75, 3.05) is 20.3 Å². The first-order chi connectivity index (χ1) is 9.99. The highest BCUT2D eigenvalue weighted by Crippen LogP contribution is 2.51. The number of hydrogen-bond acceptors (Lipinski definition) is 6. The summed E-state index contributed by atoms with van der Waals surface area (Å²) in [7, 11) is 1.67. The maximum atomic E-state index is 9.87. The zero-order chi connectivity index (χ0) is 15.5. The van der Waals surface area contributed by atoms with Crippen LogP contribution in [-0.4, -0.2) is 42.1 Å². The lowest BCUT2D eigenvalue weighted by Gasteiger charge is -2.60. The zero-order valence-electron chi connectivity index (χ0n) is 13.3. The Balaban J connectivity index is 1.96. The van der Waals surface area contributed by atoms with Crippen molar-refractivity contribution in [3.8, 4) is 0 Å². The van der Waals surface area contributed by atoms with Crippen molar-refractivity contribution in [1.82, 2.24) is 10.3 Å². The van der Waals surface area contributed by atoms with Crippen molar-refractivity contribution in [2.45, 2.75) is 52.0 Å². The summed E-state index contributed by atoms with van der Waals surface area (Å²) in [5.74, 6) is 0.